The van der Waals surface area contributed by atoms with Crippen molar-refractivity contribution in [1.82, 2.24) is 0 Å². The summed E-state index contributed by atoms with van der Waals surface area (Å²) in [4.78, 5) is 21.3. The van der Waals surface area contributed by atoms with Gasteiger partial charge in [-0.3, -0.25) is 4.79 Å². The number of carboxylic acids is 1. The number of hydrogen-bond donors (Lipinski definition) is 2. The van der Waals surface area contributed by atoms with Gasteiger partial charge in [-0.25, -0.2) is 4.79 Å². The van der Waals surface area contributed by atoms with Gasteiger partial charge >= 0.3 is 5.97 Å². The number of nitrogens with zero attached hydrogens (tertiary/aromatic N) is 1. The molecule has 1 atom stereocenters. The number of nitriles is 1. The van der Waals surface area contributed by atoms with Crippen LogP contribution in [0.3, 0.4) is 0 Å². The standard InChI is InChI=1S/C11H9NO4/c1-6-2-9(10(14)11(15)16)8(5-13)3-7(6)4-12/h2-3,5,10,14H,1H3,(H,15,16). The molecule has 1 aromatic carbocycles. The van der Waals surface area contributed by atoms with Gasteiger partial charge in [0.05, 0.1) is 11.6 Å². The molecule has 0 saturated carbocycles. The zero-order valence-corrected chi connectivity index (χ0v) is 8.47. The van der Waals surface area contributed by atoms with E-state index in [9.17, 15) is 14.7 Å². The summed E-state index contributed by atoms with van der Waals surface area (Å²) >= 11 is 0. The van der Waals surface area contributed by atoms with E-state index in [2.05, 4.69) is 0 Å². The molecule has 5 heteroatoms. The Hall–Kier alpha value is -2.19. The minimum Gasteiger partial charge on any atom is -0.479 e. The van der Waals surface area contributed by atoms with Crippen molar-refractivity contribution in [2.24, 2.45) is 0 Å². The van der Waals surface area contributed by atoms with E-state index in [0.29, 0.717) is 11.8 Å². The molecule has 0 saturated heterocycles. The van der Waals surface area contributed by atoms with Crippen LogP contribution in [-0.2, 0) is 4.79 Å². The first-order valence-electron chi connectivity index (χ1n) is 4.42. The van der Waals surface area contributed by atoms with E-state index in [1.54, 1.807) is 6.92 Å². The predicted octanol–water partition coefficient (Wildman–Crippen LogP) is 0.797. The van der Waals surface area contributed by atoms with Crippen molar-refractivity contribution in [3.05, 3.63) is 34.4 Å². The normalized spacial score (nSPS) is 11.6. The quantitative estimate of drug-likeness (QED) is 0.732. The molecule has 0 aromatic heterocycles. The maximum Gasteiger partial charge on any atom is 0.337 e. The molecule has 1 rings (SSSR count). The number of aliphatic carboxylic acids is 1. The lowest BCUT2D eigenvalue weighted by molar-refractivity contribution is -0.146. The number of rotatable bonds is 3. The number of benzene rings is 1. The number of aldehydes is 1. The van der Waals surface area contributed by atoms with Crippen molar-refractivity contribution in [2.75, 3.05) is 0 Å². The van der Waals surface area contributed by atoms with Crippen LogP contribution in [0.25, 0.3) is 0 Å². The highest BCUT2D eigenvalue weighted by Gasteiger charge is 2.20. The second-order valence-electron chi connectivity index (χ2n) is 3.27. The highest BCUT2D eigenvalue weighted by atomic mass is 16.4. The van der Waals surface area contributed by atoms with Crippen LogP contribution in [0.1, 0.15) is 33.2 Å². The molecular formula is C11H9NO4. The number of carbonyl (C=O) groups excluding carboxylic acids is 1. The predicted molar refractivity (Wildman–Crippen MR) is 53.9 cm³/mol. The highest BCUT2D eigenvalue weighted by molar-refractivity contribution is 5.84. The Labute approximate surface area is 91.6 Å². The molecule has 2 N–H and O–H groups in total. The van der Waals surface area contributed by atoms with Crippen LogP contribution in [0.2, 0.25) is 0 Å². The van der Waals surface area contributed by atoms with E-state index in [0.717, 1.165) is 0 Å². The second-order valence-corrected chi connectivity index (χ2v) is 3.27. The molecule has 0 amide bonds. The number of hydrogen-bond acceptors (Lipinski definition) is 4. The number of aryl methyl sites for hydroxylation is 1. The Morgan fingerprint density at radius 2 is 2.19 bits per heavy atom. The number of carboxylic acid groups (broad SMARTS) is 1. The first kappa shape index (κ1) is 11.9. The summed E-state index contributed by atoms with van der Waals surface area (Å²) in [6.07, 6.45) is -1.34. The maximum absolute atomic E-state index is 10.7. The fraction of sp³-hybridized carbons (Fsp3) is 0.182. The third-order valence-electron chi connectivity index (χ3n) is 2.21. The van der Waals surface area contributed by atoms with Gasteiger partial charge in [-0.15, -0.1) is 0 Å². The number of carbonyl (C=O) groups is 2. The molecule has 82 valence electrons. The van der Waals surface area contributed by atoms with E-state index in [-0.39, 0.29) is 16.7 Å². The lowest BCUT2D eigenvalue weighted by Gasteiger charge is -2.10. The van der Waals surface area contributed by atoms with Gasteiger partial charge in [-0.1, -0.05) is 6.07 Å². The lowest BCUT2D eigenvalue weighted by Crippen LogP contribution is -2.13. The van der Waals surface area contributed by atoms with Crippen LogP contribution in [-0.4, -0.2) is 22.5 Å². The molecule has 0 aliphatic carbocycles. The van der Waals surface area contributed by atoms with Gasteiger partial charge in [0, 0.05) is 11.1 Å². The molecule has 5 nitrogen and oxygen atoms in total. The van der Waals surface area contributed by atoms with Crippen molar-refractivity contribution >= 4 is 12.3 Å². The monoisotopic (exact) mass is 219 g/mol. The van der Waals surface area contributed by atoms with Gasteiger partial charge < -0.3 is 10.2 Å². The van der Waals surface area contributed by atoms with Crippen LogP contribution >= 0.6 is 0 Å². The molecule has 0 aliphatic rings. The van der Waals surface area contributed by atoms with E-state index in [4.69, 9.17) is 10.4 Å². The third-order valence-corrected chi connectivity index (χ3v) is 2.21. The molecule has 0 fully saturated rings. The first-order chi connectivity index (χ1) is 7.51. The Morgan fingerprint density at radius 3 is 2.62 bits per heavy atom. The molecule has 0 spiro atoms. The second kappa shape index (κ2) is 4.55. The van der Waals surface area contributed by atoms with Crippen molar-refractivity contribution < 1.29 is 19.8 Å². The Bertz CT molecular complexity index is 487. The summed E-state index contributed by atoms with van der Waals surface area (Å²) in [6, 6.07) is 4.48. The average molecular weight is 219 g/mol. The van der Waals surface area contributed by atoms with Gasteiger partial charge in [0.1, 0.15) is 6.29 Å². The molecule has 1 aromatic rings. The molecule has 0 heterocycles. The van der Waals surface area contributed by atoms with Crippen LogP contribution in [0, 0.1) is 18.3 Å². The third kappa shape index (κ3) is 2.07. The van der Waals surface area contributed by atoms with Crippen LogP contribution in [0.5, 0.6) is 0 Å². The molecule has 0 bridgehead atoms. The fourth-order valence-electron chi connectivity index (χ4n) is 1.34. The summed E-state index contributed by atoms with van der Waals surface area (Å²) in [6.45, 7) is 1.60. The zero-order valence-electron chi connectivity index (χ0n) is 8.47. The van der Waals surface area contributed by atoms with Gasteiger partial charge in [0.25, 0.3) is 0 Å². The van der Waals surface area contributed by atoms with E-state index in [1.807, 2.05) is 6.07 Å². The summed E-state index contributed by atoms with van der Waals surface area (Å²) in [5, 5.41) is 26.7. The largest absolute Gasteiger partial charge is 0.479 e. The molecule has 16 heavy (non-hydrogen) atoms. The van der Waals surface area contributed by atoms with Gasteiger partial charge in [-0.05, 0) is 18.6 Å². The molecule has 1 unspecified atom stereocenters. The summed E-state index contributed by atoms with van der Waals surface area (Å²) in [5.41, 5.74) is 0.808. The SMILES string of the molecule is Cc1cc(C(O)C(=O)O)c(C=O)cc1C#N. The Kier molecular flexibility index (Phi) is 3.38. The van der Waals surface area contributed by atoms with Crippen molar-refractivity contribution in [3.63, 3.8) is 0 Å². The van der Waals surface area contributed by atoms with Gasteiger partial charge in [0.2, 0.25) is 0 Å². The molecular weight excluding hydrogens is 210 g/mol. The van der Waals surface area contributed by atoms with Gasteiger partial charge in [0.15, 0.2) is 6.10 Å². The number of aliphatic hydroxyl groups excluding tert-OH is 1. The average Bonchev–Trinajstić information content (AvgIpc) is 2.27. The van der Waals surface area contributed by atoms with E-state index >= 15 is 0 Å². The lowest BCUT2D eigenvalue weighted by atomic mass is 9.97. The molecule has 0 aliphatic heterocycles. The van der Waals surface area contributed by atoms with Crippen molar-refractivity contribution in [1.29, 1.82) is 5.26 Å². The summed E-state index contributed by atoms with van der Waals surface area (Å²) in [5.74, 6) is -1.44. The Morgan fingerprint density at radius 1 is 1.56 bits per heavy atom. The van der Waals surface area contributed by atoms with Crippen molar-refractivity contribution in [2.45, 2.75) is 13.0 Å². The Balaban J connectivity index is 3.41. The van der Waals surface area contributed by atoms with Crippen LogP contribution < -0.4 is 0 Å². The van der Waals surface area contributed by atoms with Gasteiger partial charge in [-0.2, -0.15) is 5.26 Å². The summed E-state index contributed by atoms with van der Waals surface area (Å²) < 4.78 is 0. The minimum atomic E-state index is -1.76. The van der Waals surface area contributed by atoms with E-state index < -0.39 is 12.1 Å². The molecule has 0 radical (unpaired) electrons. The maximum atomic E-state index is 10.7. The highest BCUT2D eigenvalue weighted by Crippen LogP contribution is 2.21. The topological polar surface area (TPSA) is 98.4 Å². The van der Waals surface area contributed by atoms with Crippen molar-refractivity contribution in [3.8, 4) is 6.07 Å². The van der Waals surface area contributed by atoms with Crippen LogP contribution in [0.4, 0.5) is 0 Å². The first-order valence-corrected chi connectivity index (χ1v) is 4.42. The fourth-order valence-corrected chi connectivity index (χ4v) is 1.34. The zero-order chi connectivity index (χ0) is 12.3. The number of aliphatic hydroxyl groups is 1. The summed E-state index contributed by atoms with van der Waals surface area (Å²) in [7, 11) is 0. The van der Waals surface area contributed by atoms with E-state index in [1.165, 1.54) is 12.1 Å². The minimum absolute atomic E-state index is 0.000926. The smallest absolute Gasteiger partial charge is 0.337 e. The van der Waals surface area contributed by atoms with Crippen LogP contribution in [0.15, 0.2) is 12.1 Å².